The summed E-state index contributed by atoms with van der Waals surface area (Å²) in [6.45, 7) is 0.205. The molecule has 0 unspecified atom stereocenters. The minimum atomic E-state index is -0.379. The lowest BCUT2D eigenvalue weighted by molar-refractivity contribution is -0.118. The van der Waals surface area contributed by atoms with Crippen LogP contribution in [0.3, 0.4) is 0 Å². The summed E-state index contributed by atoms with van der Waals surface area (Å²) in [5.41, 5.74) is 3.08. The maximum Gasteiger partial charge on any atom is 0.262 e. The highest BCUT2D eigenvalue weighted by Crippen LogP contribution is 2.27. The number of para-hydroxylation sites is 2. The molecular formula is C26H24ClN3O4. The number of fused-ring (bicyclic) bond motifs is 1. The first kappa shape index (κ1) is 23.2. The van der Waals surface area contributed by atoms with Crippen LogP contribution in [0.2, 0.25) is 5.02 Å². The molecule has 0 aliphatic carbocycles. The average Bonchev–Trinajstić information content (AvgIpc) is 3.26. The molecule has 0 radical (unpaired) electrons. The van der Waals surface area contributed by atoms with E-state index in [1.54, 1.807) is 42.5 Å². The second-order valence-electron chi connectivity index (χ2n) is 7.55. The van der Waals surface area contributed by atoms with E-state index in [0.29, 0.717) is 40.7 Å². The van der Waals surface area contributed by atoms with Gasteiger partial charge in [0, 0.05) is 29.3 Å². The molecule has 4 aromatic rings. The Balaban J connectivity index is 1.32. The fraction of sp³-hybridized carbons (Fsp3) is 0.154. The largest absolute Gasteiger partial charge is 0.495 e. The van der Waals surface area contributed by atoms with E-state index in [9.17, 15) is 9.59 Å². The predicted molar refractivity (Wildman–Crippen MR) is 133 cm³/mol. The zero-order valence-electron chi connectivity index (χ0n) is 18.6. The molecule has 174 valence electrons. The molecule has 1 heterocycles. The van der Waals surface area contributed by atoms with Crippen molar-refractivity contribution < 1.29 is 19.1 Å². The molecule has 0 fully saturated rings. The van der Waals surface area contributed by atoms with E-state index < -0.39 is 0 Å². The fourth-order valence-electron chi connectivity index (χ4n) is 3.61. The molecule has 3 aromatic carbocycles. The van der Waals surface area contributed by atoms with Crippen molar-refractivity contribution in [3.63, 3.8) is 0 Å². The Morgan fingerprint density at radius 1 is 1.00 bits per heavy atom. The molecule has 1 aromatic heterocycles. The van der Waals surface area contributed by atoms with Crippen LogP contribution in [0.15, 0.2) is 72.9 Å². The topological polar surface area (TPSA) is 92.4 Å². The number of carbonyl (C=O) groups excluding carboxylic acids is 2. The smallest absolute Gasteiger partial charge is 0.262 e. The molecule has 0 atom stereocenters. The first-order chi connectivity index (χ1) is 16.5. The van der Waals surface area contributed by atoms with Crippen molar-refractivity contribution >= 4 is 40.0 Å². The summed E-state index contributed by atoms with van der Waals surface area (Å²) < 4.78 is 10.7. The fourth-order valence-corrected chi connectivity index (χ4v) is 3.87. The third-order valence-electron chi connectivity index (χ3n) is 5.28. The van der Waals surface area contributed by atoms with Gasteiger partial charge in [-0.25, -0.2) is 0 Å². The maximum atomic E-state index is 12.8. The number of rotatable bonds is 9. The highest BCUT2D eigenvalue weighted by Gasteiger charge is 2.14. The van der Waals surface area contributed by atoms with Gasteiger partial charge < -0.3 is 25.1 Å². The molecule has 0 spiro atoms. The molecular weight excluding hydrogens is 454 g/mol. The summed E-state index contributed by atoms with van der Waals surface area (Å²) in [6, 6.07) is 19.8. The lowest BCUT2D eigenvalue weighted by Gasteiger charge is -2.12. The van der Waals surface area contributed by atoms with E-state index in [-0.39, 0.29) is 18.4 Å². The number of hydrogen-bond acceptors (Lipinski definition) is 4. The minimum Gasteiger partial charge on any atom is -0.495 e. The minimum absolute atomic E-state index is 0.261. The van der Waals surface area contributed by atoms with Crippen molar-refractivity contribution in [3.05, 3.63) is 89.1 Å². The predicted octanol–water partition coefficient (Wildman–Crippen LogP) is 4.82. The van der Waals surface area contributed by atoms with Crippen LogP contribution < -0.4 is 20.1 Å². The number of ether oxygens (including phenoxy) is 2. The SMILES string of the molecule is COc1ccc(NC(=O)COc2ccccc2C(=O)NCCc2c[nH]c3ccccc23)cc1Cl. The van der Waals surface area contributed by atoms with Gasteiger partial charge in [-0.3, -0.25) is 9.59 Å². The van der Waals surface area contributed by atoms with Crippen LogP contribution in [0.1, 0.15) is 15.9 Å². The summed E-state index contributed by atoms with van der Waals surface area (Å²) in [5.74, 6) is 0.198. The molecule has 0 aliphatic rings. The number of amides is 2. The summed E-state index contributed by atoms with van der Waals surface area (Å²) in [4.78, 5) is 28.3. The van der Waals surface area contributed by atoms with E-state index in [2.05, 4.69) is 21.7 Å². The Morgan fingerprint density at radius 3 is 2.62 bits per heavy atom. The third-order valence-corrected chi connectivity index (χ3v) is 5.58. The molecule has 0 saturated heterocycles. The number of aromatic amines is 1. The highest BCUT2D eigenvalue weighted by atomic mass is 35.5. The average molecular weight is 478 g/mol. The summed E-state index contributed by atoms with van der Waals surface area (Å²) in [6.07, 6.45) is 2.65. The summed E-state index contributed by atoms with van der Waals surface area (Å²) in [5, 5.41) is 7.17. The third kappa shape index (κ3) is 5.50. The van der Waals surface area contributed by atoms with Gasteiger partial charge in [0.25, 0.3) is 11.8 Å². The van der Waals surface area contributed by atoms with Crippen molar-refractivity contribution in [1.82, 2.24) is 10.3 Å². The second-order valence-corrected chi connectivity index (χ2v) is 7.95. The van der Waals surface area contributed by atoms with Crippen molar-refractivity contribution in [2.45, 2.75) is 6.42 Å². The Morgan fingerprint density at radius 2 is 1.79 bits per heavy atom. The van der Waals surface area contributed by atoms with Crippen LogP contribution in [0.4, 0.5) is 5.69 Å². The Kier molecular flexibility index (Phi) is 7.34. The van der Waals surface area contributed by atoms with Crippen LogP contribution in [0.25, 0.3) is 10.9 Å². The van der Waals surface area contributed by atoms with Gasteiger partial charge in [0.1, 0.15) is 11.5 Å². The molecule has 3 N–H and O–H groups in total. The lowest BCUT2D eigenvalue weighted by atomic mass is 10.1. The van der Waals surface area contributed by atoms with Gasteiger partial charge in [-0.05, 0) is 48.4 Å². The number of methoxy groups -OCH3 is 1. The van der Waals surface area contributed by atoms with E-state index in [4.69, 9.17) is 21.1 Å². The summed E-state index contributed by atoms with van der Waals surface area (Å²) >= 11 is 6.09. The van der Waals surface area contributed by atoms with Crippen molar-refractivity contribution in [3.8, 4) is 11.5 Å². The van der Waals surface area contributed by atoms with Crippen LogP contribution >= 0.6 is 11.6 Å². The number of hydrogen-bond donors (Lipinski definition) is 3. The van der Waals surface area contributed by atoms with Crippen LogP contribution in [0, 0.1) is 0 Å². The Labute approximate surface area is 202 Å². The lowest BCUT2D eigenvalue weighted by Crippen LogP contribution is -2.27. The zero-order chi connectivity index (χ0) is 23.9. The molecule has 2 amide bonds. The molecule has 7 nitrogen and oxygen atoms in total. The first-order valence-corrected chi connectivity index (χ1v) is 11.1. The molecule has 4 rings (SSSR count). The highest BCUT2D eigenvalue weighted by molar-refractivity contribution is 6.32. The first-order valence-electron chi connectivity index (χ1n) is 10.7. The van der Waals surface area contributed by atoms with Gasteiger partial charge in [0.2, 0.25) is 0 Å². The van der Waals surface area contributed by atoms with E-state index in [0.717, 1.165) is 16.5 Å². The molecule has 8 heteroatoms. The van der Waals surface area contributed by atoms with Crippen LogP contribution in [0.5, 0.6) is 11.5 Å². The van der Waals surface area contributed by atoms with Gasteiger partial charge in [-0.1, -0.05) is 41.9 Å². The number of carbonyl (C=O) groups is 2. The number of anilines is 1. The molecule has 34 heavy (non-hydrogen) atoms. The van der Waals surface area contributed by atoms with E-state index >= 15 is 0 Å². The molecule has 0 bridgehead atoms. The number of benzene rings is 3. The Hall–Kier alpha value is -3.97. The molecule has 0 saturated carbocycles. The van der Waals surface area contributed by atoms with Gasteiger partial charge >= 0.3 is 0 Å². The monoisotopic (exact) mass is 477 g/mol. The van der Waals surface area contributed by atoms with Gasteiger partial charge in [0.15, 0.2) is 6.61 Å². The second kappa shape index (κ2) is 10.8. The normalized spacial score (nSPS) is 10.6. The Bertz CT molecular complexity index is 1320. The van der Waals surface area contributed by atoms with Crippen LogP contribution in [-0.2, 0) is 11.2 Å². The maximum absolute atomic E-state index is 12.8. The number of aromatic nitrogens is 1. The van der Waals surface area contributed by atoms with Crippen LogP contribution in [-0.4, -0.2) is 37.1 Å². The quantitative estimate of drug-likeness (QED) is 0.322. The number of nitrogens with one attached hydrogen (secondary N) is 3. The molecule has 0 aliphatic heterocycles. The van der Waals surface area contributed by atoms with Crippen molar-refractivity contribution in [1.29, 1.82) is 0 Å². The van der Waals surface area contributed by atoms with Crippen molar-refractivity contribution in [2.75, 3.05) is 25.6 Å². The summed E-state index contributed by atoms with van der Waals surface area (Å²) in [7, 11) is 1.52. The standard InChI is InChI=1S/C26H24ClN3O4/c1-33-24-11-10-18(14-21(24)27)30-25(31)16-34-23-9-5-3-7-20(23)26(32)28-13-12-17-15-29-22-8-4-2-6-19(17)22/h2-11,14-15,29H,12-13,16H2,1H3,(H,28,32)(H,30,31). The number of H-pyrrole nitrogens is 1. The number of halogens is 1. The van der Waals surface area contributed by atoms with Gasteiger partial charge in [-0.2, -0.15) is 0 Å². The zero-order valence-corrected chi connectivity index (χ0v) is 19.3. The van der Waals surface area contributed by atoms with Crippen molar-refractivity contribution in [2.24, 2.45) is 0 Å². The van der Waals surface area contributed by atoms with E-state index in [1.807, 2.05) is 24.4 Å². The van der Waals surface area contributed by atoms with Gasteiger partial charge in [0.05, 0.1) is 17.7 Å². The van der Waals surface area contributed by atoms with Gasteiger partial charge in [-0.15, -0.1) is 0 Å². The van der Waals surface area contributed by atoms with E-state index in [1.165, 1.54) is 7.11 Å².